The maximum atomic E-state index is 11.1. The van der Waals surface area contributed by atoms with Crippen molar-refractivity contribution in [1.82, 2.24) is 4.98 Å². The number of aromatic carboxylic acids is 1. The second-order valence-electron chi connectivity index (χ2n) is 5.11. The first kappa shape index (κ1) is 16.6. The Bertz CT molecular complexity index is 687. The van der Waals surface area contributed by atoms with Gasteiger partial charge in [0.05, 0.1) is 31.6 Å². The minimum absolute atomic E-state index is 0.0443. The molecule has 0 aliphatic rings. The number of aromatic nitrogens is 1. The molecule has 6 heteroatoms. The lowest BCUT2D eigenvalue weighted by atomic mass is 10.1. The number of carbonyl (C=O) groups is 1. The summed E-state index contributed by atoms with van der Waals surface area (Å²) >= 11 is 0. The molecule has 0 bridgehead atoms. The van der Waals surface area contributed by atoms with Crippen LogP contribution in [0.4, 0.5) is 0 Å². The molecular formula is C17H19NO5. The van der Waals surface area contributed by atoms with Gasteiger partial charge in [0.25, 0.3) is 0 Å². The lowest BCUT2D eigenvalue weighted by molar-refractivity contribution is 0.0697. The molecule has 1 N–H and O–H groups in total. The molecule has 122 valence electrons. The van der Waals surface area contributed by atoms with Crippen molar-refractivity contribution in [3.8, 4) is 28.5 Å². The smallest absolute Gasteiger partial charge is 0.335 e. The molecule has 0 spiro atoms. The Morgan fingerprint density at radius 2 is 1.74 bits per heavy atom. The Morgan fingerprint density at radius 1 is 1.13 bits per heavy atom. The lowest BCUT2D eigenvalue weighted by Crippen LogP contribution is -2.08. The summed E-state index contributed by atoms with van der Waals surface area (Å²) in [5.41, 5.74) is 1.35. The van der Waals surface area contributed by atoms with Gasteiger partial charge in [-0.1, -0.05) is 0 Å². The molecule has 1 aromatic heterocycles. The molecule has 2 aromatic rings. The number of carboxylic acids is 1. The number of hydrogen-bond acceptors (Lipinski definition) is 5. The standard InChI is InChI=1S/C17H19NO5/c1-10(2)23-16-14(21-3)8-12(9-15(16)22-4)13-7-11(17(19)20)5-6-18-13/h5-10H,1-4H3,(H,19,20). The second-order valence-corrected chi connectivity index (χ2v) is 5.11. The first-order valence-corrected chi connectivity index (χ1v) is 7.08. The van der Waals surface area contributed by atoms with Crippen LogP contribution in [-0.2, 0) is 0 Å². The second kappa shape index (κ2) is 7.00. The molecule has 0 fully saturated rings. The molecule has 2 rings (SSSR count). The van der Waals surface area contributed by atoms with Crippen LogP contribution in [0.5, 0.6) is 17.2 Å². The van der Waals surface area contributed by atoms with Gasteiger partial charge in [-0.25, -0.2) is 4.79 Å². The van der Waals surface area contributed by atoms with Crippen LogP contribution in [0.1, 0.15) is 24.2 Å². The summed E-state index contributed by atoms with van der Waals surface area (Å²) in [4.78, 5) is 15.3. The van der Waals surface area contributed by atoms with E-state index >= 15 is 0 Å². The number of benzene rings is 1. The van der Waals surface area contributed by atoms with Crippen molar-refractivity contribution in [3.05, 3.63) is 36.0 Å². The third-order valence-electron chi connectivity index (χ3n) is 3.12. The lowest BCUT2D eigenvalue weighted by Gasteiger charge is -2.18. The van der Waals surface area contributed by atoms with E-state index in [1.54, 1.807) is 12.1 Å². The predicted octanol–water partition coefficient (Wildman–Crippen LogP) is 3.25. The molecule has 0 radical (unpaired) electrons. The number of ether oxygens (including phenoxy) is 3. The van der Waals surface area contributed by atoms with Crippen molar-refractivity contribution in [3.63, 3.8) is 0 Å². The molecule has 6 nitrogen and oxygen atoms in total. The topological polar surface area (TPSA) is 77.9 Å². The highest BCUT2D eigenvalue weighted by Crippen LogP contribution is 2.41. The predicted molar refractivity (Wildman–Crippen MR) is 85.5 cm³/mol. The molecule has 0 saturated carbocycles. The molecule has 0 amide bonds. The molecule has 0 atom stereocenters. The minimum Gasteiger partial charge on any atom is -0.493 e. The Kier molecular flexibility index (Phi) is 5.05. The minimum atomic E-state index is -1.01. The fraction of sp³-hybridized carbons (Fsp3) is 0.294. The van der Waals surface area contributed by atoms with E-state index < -0.39 is 5.97 Å². The number of methoxy groups -OCH3 is 2. The van der Waals surface area contributed by atoms with Gasteiger partial charge in [0.2, 0.25) is 5.75 Å². The van der Waals surface area contributed by atoms with E-state index in [1.807, 2.05) is 13.8 Å². The summed E-state index contributed by atoms with van der Waals surface area (Å²) in [5, 5.41) is 9.10. The highest BCUT2D eigenvalue weighted by atomic mass is 16.5. The van der Waals surface area contributed by atoms with Crippen LogP contribution in [0.2, 0.25) is 0 Å². The van der Waals surface area contributed by atoms with Crippen molar-refractivity contribution in [2.24, 2.45) is 0 Å². The zero-order valence-corrected chi connectivity index (χ0v) is 13.5. The van der Waals surface area contributed by atoms with Gasteiger partial charge in [-0.3, -0.25) is 4.98 Å². The first-order valence-electron chi connectivity index (χ1n) is 7.08. The van der Waals surface area contributed by atoms with Crippen LogP contribution in [0.15, 0.2) is 30.5 Å². The van der Waals surface area contributed by atoms with Gasteiger partial charge in [0, 0.05) is 11.8 Å². The zero-order valence-electron chi connectivity index (χ0n) is 13.5. The maximum absolute atomic E-state index is 11.1. The number of rotatable bonds is 6. The highest BCUT2D eigenvalue weighted by molar-refractivity contribution is 5.89. The third kappa shape index (κ3) is 3.71. The summed E-state index contributed by atoms with van der Waals surface area (Å²) in [7, 11) is 3.07. The van der Waals surface area contributed by atoms with Gasteiger partial charge in [-0.2, -0.15) is 0 Å². The fourth-order valence-electron chi connectivity index (χ4n) is 2.10. The van der Waals surface area contributed by atoms with E-state index in [-0.39, 0.29) is 11.7 Å². The van der Waals surface area contributed by atoms with E-state index in [0.717, 1.165) is 0 Å². The van der Waals surface area contributed by atoms with Crippen LogP contribution < -0.4 is 14.2 Å². The largest absolute Gasteiger partial charge is 0.493 e. The van der Waals surface area contributed by atoms with Crippen LogP contribution >= 0.6 is 0 Å². The van der Waals surface area contributed by atoms with Crippen molar-refractivity contribution < 1.29 is 24.1 Å². The van der Waals surface area contributed by atoms with Gasteiger partial charge >= 0.3 is 5.97 Å². The zero-order chi connectivity index (χ0) is 17.0. The van der Waals surface area contributed by atoms with E-state index in [2.05, 4.69) is 4.98 Å². The van der Waals surface area contributed by atoms with Gasteiger partial charge in [0.15, 0.2) is 11.5 Å². The van der Waals surface area contributed by atoms with Crippen LogP contribution in [-0.4, -0.2) is 36.4 Å². The fourth-order valence-corrected chi connectivity index (χ4v) is 2.10. The number of nitrogens with zero attached hydrogens (tertiary/aromatic N) is 1. The van der Waals surface area contributed by atoms with E-state index in [1.165, 1.54) is 32.5 Å². The van der Waals surface area contributed by atoms with Crippen molar-refractivity contribution in [1.29, 1.82) is 0 Å². The van der Waals surface area contributed by atoms with Gasteiger partial charge in [0.1, 0.15) is 0 Å². The summed E-state index contributed by atoms with van der Waals surface area (Å²) < 4.78 is 16.5. The van der Waals surface area contributed by atoms with E-state index in [4.69, 9.17) is 19.3 Å². The van der Waals surface area contributed by atoms with Crippen LogP contribution in [0.25, 0.3) is 11.3 Å². The Morgan fingerprint density at radius 3 is 2.22 bits per heavy atom. The van der Waals surface area contributed by atoms with Crippen molar-refractivity contribution in [2.45, 2.75) is 20.0 Å². The Hall–Kier alpha value is -2.76. The number of carboxylic acid groups (broad SMARTS) is 1. The quantitative estimate of drug-likeness (QED) is 0.881. The summed E-state index contributed by atoms with van der Waals surface area (Å²) in [6, 6.07) is 6.43. The first-order chi connectivity index (χ1) is 11.0. The molecule has 1 heterocycles. The van der Waals surface area contributed by atoms with Crippen molar-refractivity contribution in [2.75, 3.05) is 14.2 Å². The normalized spacial score (nSPS) is 10.5. The number of pyridine rings is 1. The average Bonchev–Trinajstić information content (AvgIpc) is 2.54. The van der Waals surface area contributed by atoms with Crippen LogP contribution in [0, 0.1) is 0 Å². The Balaban J connectivity index is 2.56. The van der Waals surface area contributed by atoms with Gasteiger partial charge in [-0.15, -0.1) is 0 Å². The molecule has 0 saturated heterocycles. The SMILES string of the molecule is COc1cc(-c2cc(C(=O)O)ccn2)cc(OC)c1OC(C)C. The monoisotopic (exact) mass is 317 g/mol. The molecule has 1 aromatic carbocycles. The van der Waals surface area contributed by atoms with Crippen molar-refractivity contribution >= 4 is 5.97 Å². The molecule has 23 heavy (non-hydrogen) atoms. The van der Waals surface area contributed by atoms with E-state index in [9.17, 15) is 4.79 Å². The van der Waals surface area contributed by atoms with Gasteiger partial charge < -0.3 is 19.3 Å². The van der Waals surface area contributed by atoms with E-state index in [0.29, 0.717) is 28.5 Å². The summed E-state index contributed by atoms with van der Waals surface area (Å²) in [6.07, 6.45) is 1.41. The van der Waals surface area contributed by atoms with Gasteiger partial charge in [-0.05, 0) is 38.1 Å². The highest BCUT2D eigenvalue weighted by Gasteiger charge is 2.17. The molecule has 0 unspecified atom stereocenters. The average molecular weight is 317 g/mol. The molecular weight excluding hydrogens is 298 g/mol. The summed E-state index contributed by atoms with van der Waals surface area (Å²) in [6.45, 7) is 3.81. The number of hydrogen-bond donors (Lipinski definition) is 1. The maximum Gasteiger partial charge on any atom is 0.335 e. The Labute approximate surface area is 134 Å². The molecule has 0 aliphatic heterocycles. The van der Waals surface area contributed by atoms with Crippen LogP contribution in [0.3, 0.4) is 0 Å². The third-order valence-corrected chi connectivity index (χ3v) is 3.12. The summed E-state index contributed by atoms with van der Waals surface area (Å²) in [5.74, 6) is 0.488. The molecule has 0 aliphatic carbocycles.